The van der Waals surface area contributed by atoms with Crippen LogP contribution in [-0.2, 0) is 10.0 Å². The molecule has 0 saturated carbocycles. The van der Waals surface area contributed by atoms with Crippen molar-refractivity contribution in [1.82, 2.24) is 9.97 Å². The van der Waals surface area contributed by atoms with Crippen molar-refractivity contribution in [3.05, 3.63) is 66.0 Å². The minimum atomic E-state index is -3.78. The number of hydrogen-bond acceptors (Lipinski definition) is 7. The Kier molecular flexibility index (Phi) is 5.32. The molecule has 0 atom stereocenters. The monoisotopic (exact) mass is 426 g/mol. The van der Waals surface area contributed by atoms with E-state index in [1.165, 1.54) is 0 Å². The first kappa shape index (κ1) is 19.2. The molecule has 0 bridgehead atoms. The van der Waals surface area contributed by atoms with Gasteiger partial charge in [-0.3, -0.25) is 4.72 Å². The van der Waals surface area contributed by atoms with Crippen LogP contribution in [0.2, 0.25) is 0 Å². The Labute approximate surface area is 172 Å². The smallest absolute Gasteiger partial charge is 0.272 e. The number of sulfonamides is 1. The van der Waals surface area contributed by atoms with Crippen LogP contribution in [0.1, 0.15) is 6.92 Å². The van der Waals surface area contributed by atoms with Gasteiger partial charge in [-0.1, -0.05) is 30.3 Å². The molecular formula is C20H18N4O3S2. The van der Waals surface area contributed by atoms with Gasteiger partial charge in [0.1, 0.15) is 9.96 Å². The average Bonchev–Trinajstić information content (AvgIpc) is 3.26. The van der Waals surface area contributed by atoms with E-state index in [4.69, 9.17) is 4.74 Å². The summed E-state index contributed by atoms with van der Waals surface area (Å²) in [7, 11) is -3.78. The molecule has 0 aliphatic carbocycles. The van der Waals surface area contributed by atoms with Gasteiger partial charge in [-0.05, 0) is 42.6 Å². The molecule has 0 saturated heterocycles. The minimum absolute atomic E-state index is 0.114. The van der Waals surface area contributed by atoms with Crippen LogP contribution in [0.3, 0.4) is 0 Å². The molecule has 0 radical (unpaired) electrons. The van der Waals surface area contributed by atoms with Crippen LogP contribution < -0.4 is 14.8 Å². The third kappa shape index (κ3) is 4.15. The molecule has 7 nitrogen and oxygen atoms in total. The van der Waals surface area contributed by atoms with Gasteiger partial charge in [0, 0.05) is 0 Å². The van der Waals surface area contributed by atoms with Crippen LogP contribution in [0.25, 0.3) is 11.0 Å². The van der Waals surface area contributed by atoms with Gasteiger partial charge in [0.15, 0.2) is 11.6 Å². The first-order valence-electron chi connectivity index (χ1n) is 8.89. The zero-order valence-electron chi connectivity index (χ0n) is 15.5. The number of aromatic nitrogens is 2. The second kappa shape index (κ2) is 8.06. The van der Waals surface area contributed by atoms with E-state index < -0.39 is 10.0 Å². The molecule has 148 valence electrons. The number of thiophene rings is 1. The fraction of sp³-hybridized carbons (Fsp3) is 0.100. The zero-order valence-corrected chi connectivity index (χ0v) is 17.1. The third-order valence-corrected chi connectivity index (χ3v) is 6.74. The molecule has 0 unspecified atom stereocenters. The van der Waals surface area contributed by atoms with E-state index in [0.29, 0.717) is 29.1 Å². The number of fused-ring (bicyclic) bond motifs is 1. The van der Waals surface area contributed by atoms with Crippen molar-refractivity contribution in [1.29, 1.82) is 0 Å². The molecular weight excluding hydrogens is 408 g/mol. The Morgan fingerprint density at radius 1 is 0.931 bits per heavy atom. The summed E-state index contributed by atoms with van der Waals surface area (Å²) in [5, 5.41) is 4.87. The number of rotatable bonds is 7. The van der Waals surface area contributed by atoms with E-state index >= 15 is 0 Å². The summed E-state index contributed by atoms with van der Waals surface area (Å²) in [4.78, 5) is 9.08. The van der Waals surface area contributed by atoms with Crippen molar-refractivity contribution in [2.24, 2.45) is 0 Å². The van der Waals surface area contributed by atoms with E-state index in [1.54, 1.807) is 23.6 Å². The van der Waals surface area contributed by atoms with Crippen molar-refractivity contribution >= 4 is 49.7 Å². The summed E-state index contributed by atoms with van der Waals surface area (Å²) in [6, 6.07) is 17.9. The Morgan fingerprint density at radius 3 is 2.31 bits per heavy atom. The topological polar surface area (TPSA) is 93.2 Å². The maximum Gasteiger partial charge on any atom is 0.272 e. The summed E-state index contributed by atoms with van der Waals surface area (Å²) < 4.78 is 33.9. The molecule has 0 amide bonds. The van der Waals surface area contributed by atoms with E-state index in [9.17, 15) is 8.42 Å². The molecule has 9 heteroatoms. The number of nitrogens with zero attached hydrogens (tertiary/aromatic N) is 2. The number of hydrogen-bond donors (Lipinski definition) is 2. The fourth-order valence-corrected chi connectivity index (χ4v) is 4.73. The number of benzene rings is 2. The van der Waals surface area contributed by atoms with Crippen LogP contribution in [-0.4, -0.2) is 25.0 Å². The lowest BCUT2D eigenvalue weighted by molar-refractivity contribution is 0.342. The first-order valence-corrected chi connectivity index (χ1v) is 11.2. The molecule has 0 spiro atoms. The predicted octanol–water partition coefficient (Wildman–Crippen LogP) is 4.63. The normalized spacial score (nSPS) is 11.3. The molecule has 0 fully saturated rings. The zero-order chi connectivity index (χ0) is 20.3. The summed E-state index contributed by atoms with van der Waals surface area (Å²) in [5.74, 6) is 1.04. The van der Waals surface area contributed by atoms with Crippen LogP contribution in [0.15, 0.2) is 70.3 Å². The molecule has 0 aliphatic rings. The fourth-order valence-electron chi connectivity index (χ4n) is 2.73. The molecule has 0 aliphatic heterocycles. The molecule has 4 rings (SSSR count). The number of nitrogens with one attached hydrogen (secondary N) is 2. The predicted molar refractivity (Wildman–Crippen MR) is 116 cm³/mol. The highest BCUT2D eigenvalue weighted by Crippen LogP contribution is 2.32. The van der Waals surface area contributed by atoms with Crippen molar-refractivity contribution in [3.8, 4) is 5.75 Å². The molecule has 29 heavy (non-hydrogen) atoms. The molecule has 2 heterocycles. The van der Waals surface area contributed by atoms with Gasteiger partial charge in [0.25, 0.3) is 10.0 Å². The van der Waals surface area contributed by atoms with Crippen molar-refractivity contribution in [2.45, 2.75) is 11.1 Å². The van der Waals surface area contributed by atoms with Gasteiger partial charge in [-0.15, -0.1) is 11.3 Å². The largest absolute Gasteiger partial charge is 0.492 e. The van der Waals surface area contributed by atoms with Crippen molar-refractivity contribution in [3.63, 3.8) is 0 Å². The highest BCUT2D eigenvalue weighted by Gasteiger charge is 2.20. The van der Waals surface area contributed by atoms with Gasteiger partial charge in [0.05, 0.1) is 23.3 Å². The van der Waals surface area contributed by atoms with E-state index in [0.717, 1.165) is 11.3 Å². The van der Waals surface area contributed by atoms with E-state index in [-0.39, 0.29) is 15.8 Å². The van der Waals surface area contributed by atoms with Gasteiger partial charge in [-0.2, -0.15) is 0 Å². The lowest BCUT2D eigenvalue weighted by Gasteiger charge is -2.15. The van der Waals surface area contributed by atoms with Gasteiger partial charge < -0.3 is 10.1 Å². The van der Waals surface area contributed by atoms with Crippen molar-refractivity contribution < 1.29 is 13.2 Å². The SMILES string of the molecule is CCOc1ccccc1Nc1nc2ccccc2nc1NS(=O)(=O)c1cccs1. The summed E-state index contributed by atoms with van der Waals surface area (Å²) in [6.45, 7) is 2.40. The summed E-state index contributed by atoms with van der Waals surface area (Å²) in [5.41, 5.74) is 1.89. The Hall–Kier alpha value is -3.17. The highest BCUT2D eigenvalue weighted by atomic mass is 32.2. The highest BCUT2D eigenvalue weighted by molar-refractivity contribution is 7.94. The molecule has 2 N–H and O–H groups in total. The van der Waals surface area contributed by atoms with Crippen LogP contribution in [0.4, 0.5) is 17.3 Å². The Morgan fingerprint density at radius 2 is 1.62 bits per heavy atom. The average molecular weight is 427 g/mol. The van der Waals surface area contributed by atoms with E-state index in [2.05, 4.69) is 20.0 Å². The maximum absolute atomic E-state index is 12.8. The molecule has 2 aromatic heterocycles. The minimum Gasteiger partial charge on any atom is -0.492 e. The standard InChI is InChI=1S/C20H18N4O3S2/c1-2-27-17-11-6-5-10-16(17)23-19-20(22-15-9-4-3-8-14(15)21-19)24-29(25,26)18-12-7-13-28-18/h3-13H,2H2,1H3,(H,21,23)(H,22,24). The van der Waals surface area contributed by atoms with Crippen LogP contribution >= 0.6 is 11.3 Å². The second-order valence-electron chi connectivity index (χ2n) is 6.00. The second-order valence-corrected chi connectivity index (χ2v) is 8.86. The number of anilines is 3. The molecule has 4 aromatic rings. The number of ether oxygens (including phenoxy) is 1. The lowest BCUT2D eigenvalue weighted by atomic mass is 10.3. The van der Waals surface area contributed by atoms with Crippen molar-refractivity contribution in [2.75, 3.05) is 16.6 Å². The Balaban J connectivity index is 1.79. The van der Waals surface area contributed by atoms with Crippen LogP contribution in [0, 0.1) is 0 Å². The van der Waals surface area contributed by atoms with Gasteiger partial charge in [0.2, 0.25) is 0 Å². The summed E-state index contributed by atoms with van der Waals surface area (Å²) in [6.07, 6.45) is 0. The van der Waals surface area contributed by atoms with E-state index in [1.807, 2.05) is 49.4 Å². The maximum atomic E-state index is 12.8. The summed E-state index contributed by atoms with van der Waals surface area (Å²) >= 11 is 1.13. The van der Waals surface area contributed by atoms with Gasteiger partial charge in [-0.25, -0.2) is 18.4 Å². The molecule has 2 aromatic carbocycles. The Bertz CT molecular complexity index is 1240. The van der Waals surface area contributed by atoms with Crippen LogP contribution in [0.5, 0.6) is 5.75 Å². The quantitative estimate of drug-likeness (QED) is 0.447. The first-order chi connectivity index (χ1) is 14.1. The van der Waals surface area contributed by atoms with Gasteiger partial charge >= 0.3 is 0 Å². The number of para-hydroxylation sites is 4. The lowest BCUT2D eigenvalue weighted by Crippen LogP contribution is -2.15. The third-order valence-electron chi connectivity index (χ3n) is 4.00.